The number of hydrogen-bond acceptors (Lipinski definition) is 5. The van der Waals surface area contributed by atoms with Gasteiger partial charge in [0.05, 0.1) is 20.2 Å². The van der Waals surface area contributed by atoms with E-state index in [9.17, 15) is 14.4 Å². The Morgan fingerprint density at radius 2 is 1.78 bits per heavy atom. The number of piperazine rings is 1. The number of urea groups is 1. The summed E-state index contributed by atoms with van der Waals surface area (Å²) >= 11 is 0. The van der Waals surface area contributed by atoms with E-state index in [1.165, 1.54) is 0 Å². The lowest BCUT2D eigenvalue weighted by Crippen LogP contribution is -2.76. The number of likely N-dealkylation sites (N-methyl/N-ethyl adjacent to an activating group) is 1. The van der Waals surface area contributed by atoms with Gasteiger partial charge in [-0.15, -0.1) is 0 Å². The second kappa shape index (κ2) is 11.4. The second-order valence-electron chi connectivity index (χ2n) is 9.27. The van der Waals surface area contributed by atoms with E-state index in [-0.39, 0.29) is 30.9 Å². The van der Waals surface area contributed by atoms with Gasteiger partial charge >= 0.3 is 6.03 Å². The molecular formula is C27H35N5O4. The number of hydrogen-bond donors (Lipinski definition) is 1. The van der Waals surface area contributed by atoms with Crippen LogP contribution in [0.25, 0.3) is 0 Å². The third-order valence-corrected chi connectivity index (χ3v) is 6.83. The molecule has 9 heteroatoms. The van der Waals surface area contributed by atoms with Gasteiger partial charge in [-0.25, -0.2) is 14.8 Å². The number of ether oxygens (including phenoxy) is 1. The Balaban J connectivity index is 1.53. The van der Waals surface area contributed by atoms with Gasteiger partial charge < -0.3 is 19.9 Å². The maximum absolute atomic E-state index is 13.5. The lowest BCUT2D eigenvalue weighted by atomic mass is 10.0. The van der Waals surface area contributed by atoms with E-state index in [4.69, 9.17) is 4.74 Å². The van der Waals surface area contributed by atoms with Gasteiger partial charge in [0, 0.05) is 20.1 Å². The van der Waals surface area contributed by atoms with Crippen molar-refractivity contribution >= 4 is 17.8 Å². The lowest BCUT2D eigenvalue weighted by Gasteiger charge is -2.54. The van der Waals surface area contributed by atoms with Gasteiger partial charge in [-0.3, -0.25) is 9.59 Å². The minimum absolute atomic E-state index is 0.0502. The predicted molar refractivity (Wildman–Crippen MR) is 136 cm³/mol. The normalized spacial score (nSPS) is 20.4. The maximum atomic E-state index is 13.5. The predicted octanol–water partition coefficient (Wildman–Crippen LogP) is 2.48. The molecule has 0 bridgehead atoms. The van der Waals surface area contributed by atoms with Crippen LogP contribution in [0.1, 0.15) is 30.9 Å². The summed E-state index contributed by atoms with van der Waals surface area (Å²) in [6, 6.07) is 16.6. The third-order valence-electron chi connectivity index (χ3n) is 6.83. The topological polar surface area (TPSA) is 85.4 Å². The van der Waals surface area contributed by atoms with Gasteiger partial charge in [0.15, 0.2) is 0 Å². The lowest BCUT2D eigenvalue weighted by molar-refractivity contribution is -0.187. The highest BCUT2D eigenvalue weighted by Gasteiger charge is 2.50. The molecule has 0 radical (unpaired) electrons. The standard InChI is InChI=1S/C27H35N5O4/c1-4-8-23-26(34)30(16-15-20-11-13-22(36-3)14-12-20)18-24-31(23)25(33)19-29(2)32(24)27(35)28-17-21-9-6-5-7-10-21/h5-7,9-14,23-24H,4,8,15-19H2,1-3H3,(H,28,35)/t23-,24-/m0/s1. The zero-order valence-corrected chi connectivity index (χ0v) is 21.2. The third kappa shape index (κ3) is 5.46. The molecule has 2 fully saturated rings. The van der Waals surface area contributed by atoms with E-state index < -0.39 is 12.2 Å². The Kier molecular flexibility index (Phi) is 8.10. The number of nitrogens with one attached hydrogen (secondary N) is 1. The molecule has 2 atom stereocenters. The van der Waals surface area contributed by atoms with Gasteiger partial charge in [-0.05, 0) is 36.1 Å². The number of methoxy groups -OCH3 is 1. The van der Waals surface area contributed by atoms with Crippen molar-refractivity contribution in [2.24, 2.45) is 0 Å². The van der Waals surface area contributed by atoms with Crippen molar-refractivity contribution in [3.8, 4) is 5.75 Å². The van der Waals surface area contributed by atoms with E-state index in [0.717, 1.165) is 23.3 Å². The smallest absolute Gasteiger partial charge is 0.334 e. The number of nitrogens with zero attached hydrogens (tertiary/aromatic N) is 4. The van der Waals surface area contributed by atoms with Crippen LogP contribution in [0, 0.1) is 0 Å². The molecule has 9 nitrogen and oxygen atoms in total. The van der Waals surface area contributed by atoms with Gasteiger partial charge in [-0.1, -0.05) is 55.8 Å². The second-order valence-corrected chi connectivity index (χ2v) is 9.27. The average Bonchev–Trinajstić information content (AvgIpc) is 2.89. The van der Waals surface area contributed by atoms with Crippen molar-refractivity contribution in [3.63, 3.8) is 0 Å². The van der Waals surface area contributed by atoms with Crippen molar-refractivity contribution in [1.82, 2.24) is 25.1 Å². The molecule has 2 heterocycles. The molecule has 0 saturated carbocycles. The first-order valence-corrected chi connectivity index (χ1v) is 12.5. The molecule has 0 aromatic heterocycles. The number of hydrazine groups is 1. The Labute approximate surface area is 212 Å². The van der Waals surface area contributed by atoms with Gasteiger partial charge in [0.2, 0.25) is 11.8 Å². The highest BCUT2D eigenvalue weighted by Crippen LogP contribution is 2.28. The van der Waals surface area contributed by atoms with Gasteiger partial charge in [0.25, 0.3) is 0 Å². The van der Waals surface area contributed by atoms with Crippen LogP contribution in [0.2, 0.25) is 0 Å². The van der Waals surface area contributed by atoms with Crippen LogP contribution in [0.4, 0.5) is 4.79 Å². The minimum Gasteiger partial charge on any atom is -0.497 e. The summed E-state index contributed by atoms with van der Waals surface area (Å²) in [4.78, 5) is 43.4. The van der Waals surface area contributed by atoms with Crippen molar-refractivity contribution < 1.29 is 19.1 Å². The molecule has 36 heavy (non-hydrogen) atoms. The van der Waals surface area contributed by atoms with Crippen LogP contribution >= 0.6 is 0 Å². The molecule has 0 aliphatic carbocycles. The fourth-order valence-corrected chi connectivity index (χ4v) is 4.97. The molecule has 2 aliphatic heterocycles. The van der Waals surface area contributed by atoms with Crippen molar-refractivity contribution in [3.05, 3.63) is 65.7 Å². The zero-order chi connectivity index (χ0) is 25.7. The van der Waals surface area contributed by atoms with Crippen LogP contribution < -0.4 is 10.1 Å². The summed E-state index contributed by atoms with van der Waals surface area (Å²) in [7, 11) is 3.37. The molecule has 2 aromatic rings. The molecule has 0 spiro atoms. The molecule has 1 N–H and O–H groups in total. The van der Waals surface area contributed by atoms with Crippen molar-refractivity contribution in [2.45, 2.75) is 44.9 Å². The SMILES string of the molecule is CCC[C@H]1C(=O)N(CCc2ccc(OC)cc2)C[C@H]2N1C(=O)CN(C)N2C(=O)NCc1ccccc1. The van der Waals surface area contributed by atoms with Crippen molar-refractivity contribution in [1.29, 1.82) is 0 Å². The van der Waals surface area contributed by atoms with Crippen LogP contribution in [-0.4, -0.2) is 83.7 Å². The van der Waals surface area contributed by atoms with E-state index in [2.05, 4.69) is 5.32 Å². The molecule has 2 saturated heterocycles. The number of carbonyl (C=O) groups excluding carboxylic acids is 3. The first kappa shape index (κ1) is 25.5. The highest BCUT2D eigenvalue weighted by atomic mass is 16.5. The number of amides is 4. The number of benzene rings is 2. The average molecular weight is 494 g/mol. The molecular weight excluding hydrogens is 458 g/mol. The van der Waals surface area contributed by atoms with E-state index in [0.29, 0.717) is 25.9 Å². The highest BCUT2D eigenvalue weighted by molar-refractivity contribution is 5.91. The number of carbonyl (C=O) groups is 3. The Morgan fingerprint density at radius 3 is 2.44 bits per heavy atom. The molecule has 2 aromatic carbocycles. The fourth-order valence-electron chi connectivity index (χ4n) is 4.97. The summed E-state index contributed by atoms with van der Waals surface area (Å²) < 4.78 is 5.23. The van der Waals surface area contributed by atoms with Gasteiger partial charge in [0.1, 0.15) is 18.0 Å². The Hall–Kier alpha value is -3.59. The number of fused-ring (bicyclic) bond motifs is 1. The summed E-state index contributed by atoms with van der Waals surface area (Å²) in [5.41, 5.74) is 2.08. The quantitative estimate of drug-likeness (QED) is 0.611. The minimum atomic E-state index is -0.574. The van der Waals surface area contributed by atoms with E-state index >= 15 is 0 Å². The summed E-state index contributed by atoms with van der Waals surface area (Å²) in [6.07, 6.45) is 1.43. The Bertz CT molecular complexity index is 1060. The molecule has 192 valence electrons. The zero-order valence-electron chi connectivity index (χ0n) is 21.2. The molecule has 4 amide bonds. The largest absolute Gasteiger partial charge is 0.497 e. The van der Waals surface area contributed by atoms with Crippen LogP contribution in [0.5, 0.6) is 5.75 Å². The summed E-state index contributed by atoms with van der Waals surface area (Å²) in [5.74, 6) is 0.604. The first-order valence-electron chi connectivity index (χ1n) is 12.5. The fraction of sp³-hybridized carbons (Fsp3) is 0.444. The van der Waals surface area contributed by atoms with E-state index in [1.807, 2.05) is 61.5 Å². The summed E-state index contributed by atoms with van der Waals surface area (Å²) in [5, 5.41) is 6.23. The van der Waals surface area contributed by atoms with Crippen LogP contribution in [-0.2, 0) is 22.6 Å². The van der Waals surface area contributed by atoms with Crippen LogP contribution in [0.3, 0.4) is 0 Å². The maximum Gasteiger partial charge on any atom is 0.334 e. The number of rotatable bonds is 8. The molecule has 4 rings (SSSR count). The van der Waals surface area contributed by atoms with Crippen molar-refractivity contribution in [2.75, 3.05) is 33.8 Å². The van der Waals surface area contributed by atoms with Crippen LogP contribution in [0.15, 0.2) is 54.6 Å². The first-order chi connectivity index (χ1) is 17.4. The van der Waals surface area contributed by atoms with E-state index in [1.54, 1.807) is 34.0 Å². The summed E-state index contributed by atoms with van der Waals surface area (Å²) in [6.45, 7) is 3.21. The monoisotopic (exact) mass is 493 g/mol. The Morgan fingerprint density at radius 1 is 1.06 bits per heavy atom. The van der Waals surface area contributed by atoms with Gasteiger partial charge in [-0.2, -0.15) is 0 Å². The molecule has 2 aliphatic rings. The molecule has 0 unspecified atom stereocenters.